The van der Waals surface area contributed by atoms with E-state index in [1.165, 1.54) is 11.2 Å². The van der Waals surface area contributed by atoms with E-state index in [0.29, 0.717) is 26.2 Å². The number of amides is 1. The van der Waals surface area contributed by atoms with Crippen LogP contribution in [0.2, 0.25) is 0 Å². The van der Waals surface area contributed by atoms with E-state index in [-0.39, 0.29) is 29.3 Å². The fraction of sp³-hybridized carbons (Fsp3) is 0.533. The van der Waals surface area contributed by atoms with E-state index in [4.69, 9.17) is 0 Å². The molecule has 1 aromatic rings. The third kappa shape index (κ3) is 3.24. The second kappa shape index (κ2) is 6.76. The van der Waals surface area contributed by atoms with Crippen molar-refractivity contribution in [2.45, 2.75) is 31.2 Å². The largest absolute Gasteiger partial charge is 0.314 e. The molecule has 1 amide bonds. The first-order valence-corrected chi connectivity index (χ1v) is 8.99. The molecular formula is C15H22ClN3O3S. The highest BCUT2D eigenvalue weighted by atomic mass is 35.5. The van der Waals surface area contributed by atoms with E-state index in [1.807, 2.05) is 13.0 Å². The number of hydrogen-bond donors (Lipinski definition) is 1. The molecule has 1 N–H and O–H groups in total. The van der Waals surface area contributed by atoms with Gasteiger partial charge in [-0.1, -0.05) is 6.07 Å². The molecule has 23 heavy (non-hydrogen) atoms. The number of nitrogens with zero attached hydrogens (tertiary/aromatic N) is 2. The van der Waals surface area contributed by atoms with Crippen molar-refractivity contribution in [2.75, 3.05) is 31.1 Å². The van der Waals surface area contributed by atoms with Gasteiger partial charge < -0.3 is 10.2 Å². The number of fused-ring (bicyclic) bond motifs is 1. The van der Waals surface area contributed by atoms with Crippen LogP contribution in [0.1, 0.15) is 19.4 Å². The molecular weight excluding hydrogens is 338 g/mol. The molecule has 1 aromatic carbocycles. The van der Waals surface area contributed by atoms with Crippen molar-refractivity contribution in [1.82, 2.24) is 9.62 Å². The Labute approximate surface area is 143 Å². The number of halogens is 1. The third-order valence-corrected chi connectivity index (χ3v) is 6.39. The summed E-state index contributed by atoms with van der Waals surface area (Å²) >= 11 is 0. The molecule has 2 aliphatic heterocycles. The number of carbonyl (C=O) groups excluding carboxylic acids is 1. The van der Waals surface area contributed by atoms with E-state index >= 15 is 0 Å². The summed E-state index contributed by atoms with van der Waals surface area (Å²) in [6.07, 6.45) is 0.777. The van der Waals surface area contributed by atoms with Gasteiger partial charge in [0.15, 0.2) is 0 Å². The van der Waals surface area contributed by atoms with Crippen LogP contribution < -0.4 is 10.2 Å². The predicted molar refractivity (Wildman–Crippen MR) is 91.6 cm³/mol. The summed E-state index contributed by atoms with van der Waals surface area (Å²) in [5, 5.41) is 3.19. The fourth-order valence-electron chi connectivity index (χ4n) is 3.16. The molecule has 8 heteroatoms. The maximum Gasteiger partial charge on any atom is 0.243 e. The van der Waals surface area contributed by atoms with Crippen LogP contribution in [0.3, 0.4) is 0 Å². The van der Waals surface area contributed by atoms with Gasteiger partial charge in [0.2, 0.25) is 15.9 Å². The Morgan fingerprint density at radius 1 is 1.30 bits per heavy atom. The van der Waals surface area contributed by atoms with Crippen molar-refractivity contribution in [2.24, 2.45) is 0 Å². The molecule has 0 unspecified atom stereocenters. The normalized spacial score (nSPS) is 21.7. The Hall–Kier alpha value is -1.15. The van der Waals surface area contributed by atoms with Crippen LogP contribution in [0.25, 0.3) is 0 Å². The number of rotatable bonds is 2. The molecule has 1 fully saturated rings. The molecule has 2 aliphatic rings. The molecule has 0 saturated carbocycles. The lowest BCUT2D eigenvalue weighted by Gasteiger charge is -2.33. The van der Waals surface area contributed by atoms with Crippen molar-refractivity contribution in [3.05, 3.63) is 23.8 Å². The summed E-state index contributed by atoms with van der Waals surface area (Å²) in [7, 11) is -3.53. The van der Waals surface area contributed by atoms with Crippen molar-refractivity contribution in [3.63, 3.8) is 0 Å². The summed E-state index contributed by atoms with van der Waals surface area (Å²) in [6, 6.07) is 5.06. The molecule has 0 aromatic heterocycles. The van der Waals surface area contributed by atoms with Crippen LogP contribution in [-0.4, -0.2) is 50.9 Å². The molecule has 1 atom stereocenters. The quantitative estimate of drug-likeness (QED) is 0.855. The smallest absolute Gasteiger partial charge is 0.243 e. The van der Waals surface area contributed by atoms with Crippen molar-refractivity contribution >= 4 is 34.0 Å². The van der Waals surface area contributed by atoms with E-state index in [0.717, 1.165) is 17.7 Å². The molecule has 1 saturated heterocycles. The molecule has 0 aliphatic carbocycles. The summed E-state index contributed by atoms with van der Waals surface area (Å²) in [6.45, 7) is 5.82. The zero-order valence-corrected chi connectivity index (χ0v) is 14.9. The first-order chi connectivity index (χ1) is 10.4. The van der Waals surface area contributed by atoms with Crippen LogP contribution in [0, 0.1) is 0 Å². The first-order valence-electron chi connectivity index (χ1n) is 7.55. The minimum atomic E-state index is -3.53. The van der Waals surface area contributed by atoms with E-state index < -0.39 is 10.0 Å². The maximum absolute atomic E-state index is 12.9. The number of carbonyl (C=O) groups is 1. The minimum Gasteiger partial charge on any atom is -0.314 e. The Balaban J connectivity index is 0.00000192. The average Bonchev–Trinajstić information content (AvgIpc) is 2.90. The second-order valence-electron chi connectivity index (χ2n) is 5.88. The van der Waals surface area contributed by atoms with Crippen LogP contribution in [-0.2, 0) is 21.2 Å². The predicted octanol–water partition coefficient (Wildman–Crippen LogP) is 1.000. The van der Waals surface area contributed by atoms with Crippen molar-refractivity contribution in [3.8, 4) is 0 Å². The fourth-order valence-corrected chi connectivity index (χ4v) is 4.81. The van der Waals surface area contributed by atoms with E-state index in [9.17, 15) is 13.2 Å². The number of piperazine rings is 1. The van der Waals surface area contributed by atoms with Crippen molar-refractivity contribution < 1.29 is 13.2 Å². The van der Waals surface area contributed by atoms with Gasteiger partial charge in [0.25, 0.3) is 0 Å². The molecule has 0 bridgehead atoms. The number of nitrogens with one attached hydrogen (secondary N) is 1. The van der Waals surface area contributed by atoms with Gasteiger partial charge in [-0.05, 0) is 31.0 Å². The first kappa shape index (κ1) is 18.2. The van der Waals surface area contributed by atoms with Crippen LogP contribution in [0.4, 0.5) is 5.69 Å². The Kier molecular flexibility index (Phi) is 5.35. The monoisotopic (exact) mass is 359 g/mol. The number of hydrogen-bond acceptors (Lipinski definition) is 4. The van der Waals surface area contributed by atoms with Gasteiger partial charge in [0.1, 0.15) is 0 Å². The van der Waals surface area contributed by atoms with Gasteiger partial charge in [-0.25, -0.2) is 8.42 Å². The zero-order chi connectivity index (χ0) is 15.9. The minimum absolute atomic E-state index is 0. The topological polar surface area (TPSA) is 69.7 Å². The highest BCUT2D eigenvalue weighted by Gasteiger charge is 2.32. The maximum atomic E-state index is 12.9. The second-order valence-corrected chi connectivity index (χ2v) is 7.77. The molecule has 6 nitrogen and oxygen atoms in total. The highest BCUT2D eigenvalue weighted by Crippen LogP contribution is 2.32. The lowest BCUT2D eigenvalue weighted by atomic mass is 10.2. The van der Waals surface area contributed by atoms with E-state index in [2.05, 4.69) is 5.32 Å². The summed E-state index contributed by atoms with van der Waals surface area (Å²) in [5.74, 6) is -0.0520. The third-order valence-electron chi connectivity index (χ3n) is 4.38. The van der Waals surface area contributed by atoms with Gasteiger partial charge in [0, 0.05) is 44.8 Å². The van der Waals surface area contributed by atoms with Crippen LogP contribution >= 0.6 is 12.4 Å². The van der Waals surface area contributed by atoms with Crippen LogP contribution in [0.5, 0.6) is 0 Å². The van der Waals surface area contributed by atoms with Gasteiger partial charge >= 0.3 is 0 Å². The van der Waals surface area contributed by atoms with Crippen molar-refractivity contribution in [1.29, 1.82) is 0 Å². The van der Waals surface area contributed by atoms with Crippen LogP contribution in [0.15, 0.2) is 23.1 Å². The van der Waals surface area contributed by atoms with Gasteiger partial charge in [-0.2, -0.15) is 4.31 Å². The Morgan fingerprint density at radius 2 is 2.04 bits per heavy atom. The summed E-state index contributed by atoms with van der Waals surface area (Å²) < 4.78 is 27.3. The van der Waals surface area contributed by atoms with Gasteiger partial charge in [0.05, 0.1) is 4.90 Å². The van der Waals surface area contributed by atoms with Gasteiger partial charge in [-0.3, -0.25) is 4.79 Å². The van der Waals surface area contributed by atoms with E-state index in [1.54, 1.807) is 17.0 Å². The lowest BCUT2D eigenvalue weighted by molar-refractivity contribution is -0.116. The summed E-state index contributed by atoms with van der Waals surface area (Å²) in [4.78, 5) is 13.6. The number of anilines is 1. The average molecular weight is 360 g/mol. The highest BCUT2D eigenvalue weighted by molar-refractivity contribution is 7.89. The standard InChI is InChI=1S/C15H21N3O3S.ClH/c1-11-10-16-6-8-18(11)22(20,21)14-4-3-13-5-7-17(12(2)19)15(13)9-14;/h3-4,9,11,16H,5-8,10H2,1-2H3;1H/t11-;/m1./s1. The molecule has 2 heterocycles. The lowest BCUT2D eigenvalue weighted by Crippen LogP contribution is -2.52. The number of sulfonamides is 1. The SMILES string of the molecule is CC(=O)N1CCc2ccc(S(=O)(=O)N3CCNC[C@H]3C)cc21.Cl. The Bertz CT molecular complexity index is 708. The molecule has 0 spiro atoms. The summed E-state index contributed by atoms with van der Waals surface area (Å²) in [5.41, 5.74) is 1.76. The number of benzene rings is 1. The zero-order valence-electron chi connectivity index (χ0n) is 13.3. The molecule has 3 rings (SSSR count). The molecule has 128 valence electrons. The van der Waals surface area contributed by atoms with Gasteiger partial charge in [-0.15, -0.1) is 12.4 Å². The Morgan fingerprint density at radius 3 is 2.70 bits per heavy atom. The molecule has 0 radical (unpaired) electrons.